The number of thiocarbonyl (C=S) groups is 1. The standard InChI is InChI=1S/C12H13N3S/c1-12(2,3)9-7-5-4-6-8(9)10-13-11(16)15-14-10/h4-7H,1-3H3. The number of aliphatic imine (C=N–C) groups is 1. The Hall–Kier alpha value is -1.42. The molecule has 0 amide bonds. The van der Waals surface area contributed by atoms with E-state index in [1.165, 1.54) is 5.56 Å². The van der Waals surface area contributed by atoms with E-state index in [0.717, 1.165) is 5.56 Å². The fourth-order valence-corrected chi connectivity index (χ4v) is 1.80. The molecular formula is C12H13N3S. The van der Waals surface area contributed by atoms with Crippen LogP contribution in [0.1, 0.15) is 31.9 Å². The molecule has 0 saturated carbocycles. The Balaban J connectivity index is 2.54. The molecule has 0 fully saturated rings. The van der Waals surface area contributed by atoms with Crippen molar-refractivity contribution in [2.24, 2.45) is 15.2 Å². The lowest BCUT2D eigenvalue weighted by Gasteiger charge is -2.21. The van der Waals surface area contributed by atoms with E-state index in [1.807, 2.05) is 18.2 Å². The topological polar surface area (TPSA) is 37.1 Å². The highest BCUT2D eigenvalue weighted by Crippen LogP contribution is 2.27. The van der Waals surface area contributed by atoms with Gasteiger partial charge in [-0.15, -0.1) is 10.2 Å². The summed E-state index contributed by atoms with van der Waals surface area (Å²) in [6, 6.07) is 8.10. The predicted molar refractivity (Wildman–Crippen MR) is 69.1 cm³/mol. The predicted octanol–water partition coefficient (Wildman–Crippen LogP) is 3.48. The molecule has 0 unspecified atom stereocenters. The maximum atomic E-state index is 4.88. The molecule has 1 heterocycles. The van der Waals surface area contributed by atoms with Crippen LogP contribution in [0.2, 0.25) is 0 Å². The van der Waals surface area contributed by atoms with Gasteiger partial charge in [-0.3, -0.25) is 0 Å². The Kier molecular flexibility index (Phi) is 2.68. The van der Waals surface area contributed by atoms with Crippen LogP contribution < -0.4 is 0 Å². The van der Waals surface area contributed by atoms with E-state index in [1.54, 1.807) is 0 Å². The summed E-state index contributed by atoms with van der Waals surface area (Å²) in [5.41, 5.74) is 2.27. The Morgan fingerprint density at radius 2 is 1.75 bits per heavy atom. The molecule has 1 aromatic rings. The summed E-state index contributed by atoms with van der Waals surface area (Å²) in [5, 5.41) is 8.07. The second kappa shape index (κ2) is 3.87. The van der Waals surface area contributed by atoms with Crippen molar-refractivity contribution in [3.8, 4) is 0 Å². The van der Waals surface area contributed by atoms with Gasteiger partial charge < -0.3 is 0 Å². The van der Waals surface area contributed by atoms with E-state index in [2.05, 4.69) is 42.1 Å². The first-order valence-corrected chi connectivity index (χ1v) is 5.53. The van der Waals surface area contributed by atoms with Crippen molar-refractivity contribution in [3.63, 3.8) is 0 Å². The van der Waals surface area contributed by atoms with E-state index in [0.29, 0.717) is 10.9 Å². The van der Waals surface area contributed by atoms with Crippen molar-refractivity contribution >= 4 is 23.2 Å². The van der Waals surface area contributed by atoms with Gasteiger partial charge in [0.15, 0.2) is 5.84 Å². The molecule has 82 valence electrons. The average Bonchev–Trinajstić information content (AvgIpc) is 2.64. The van der Waals surface area contributed by atoms with E-state index in [4.69, 9.17) is 12.2 Å². The SMILES string of the molecule is CC(C)(C)c1ccccc1C1=NC(=S)N=N1. The zero-order chi connectivity index (χ0) is 11.8. The third-order valence-electron chi connectivity index (χ3n) is 2.41. The van der Waals surface area contributed by atoms with Gasteiger partial charge in [0.25, 0.3) is 0 Å². The molecule has 2 rings (SSSR count). The Labute approximate surface area is 100 Å². The highest BCUT2D eigenvalue weighted by molar-refractivity contribution is 7.80. The molecule has 0 spiro atoms. The van der Waals surface area contributed by atoms with Gasteiger partial charge >= 0.3 is 0 Å². The van der Waals surface area contributed by atoms with Crippen molar-refractivity contribution < 1.29 is 0 Å². The van der Waals surface area contributed by atoms with Gasteiger partial charge in [-0.1, -0.05) is 45.0 Å². The maximum Gasteiger partial charge on any atom is 0.242 e. The van der Waals surface area contributed by atoms with Crippen molar-refractivity contribution in [2.75, 3.05) is 0 Å². The largest absolute Gasteiger partial charge is 0.242 e. The van der Waals surface area contributed by atoms with Crippen molar-refractivity contribution in [1.29, 1.82) is 0 Å². The normalized spacial score (nSPS) is 15.4. The average molecular weight is 231 g/mol. The number of hydrogen-bond donors (Lipinski definition) is 0. The molecule has 1 aliphatic rings. The summed E-state index contributed by atoms with van der Waals surface area (Å²) < 4.78 is 0. The second-order valence-electron chi connectivity index (χ2n) is 4.71. The first kappa shape index (κ1) is 11.1. The minimum absolute atomic E-state index is 0.0544. The van der Waals surface area contributed by atoms with E-state index in [-0.39, 0.29) is 5.41 Å². The Morgan fingerprint density at radius 1 is 1.06 bits per heavy atom. The second-order valence-corrected chi connectivity index (χ2v) is 5.08. The molecule has 1 aliphatic heterocycles. The lowest BCUT2D eigenvalue weighted by Crippen LogP contribution is -2.16. The first-order chi connectivity index (χ1) is 7.48. The minimum atomic E-state index is 0.0544. The zero-order valence-corrected chi connectivity index (χ0v) is 10.4. The van der Waals surface area contributed by atoms with Crippen LogP contribution in [0, 0.1) is 0 Å². The van der Waals surface area contributed by atoms with Crippen LogP contribution in [-0.2, 0) is 5.41 Å². The quantitative estimate of drug-likeness (QED) is 0.682. The van der Waals surface area contributed by atoms with Crippen LogP contribution in [0.4, 0.5) is 0 Å². The van der Waals surface area contributed by atoms with Gasteiger partial charge in [-0.05, 0) is 23.2 Å². The van der Waals surface area contributed by atoms with Gasteiger partial charge in [0.05, 0.1) is 0 Å². The van der Waals surface area contributed by atoms with Gasteiger partial charge in [-0.25, -0.2) is 0 Å². The minimum Gasteiger partial charge on any atom is -0.195 e. The van der Waals surface area contributed by atoms with Crippen molar-refractivity contribution in [2.45, 2.75) is 26.2 Å². The fourth-order valence-electron chi connectivity index (χ4n) is 1.67. The van der Waals surface area contributed by atoms with Gasteiger partial charge in [0.1, 0.15) is 0 Å². The molecule has 0 atom stereocenters. The highest BCUT2D eigenvalue weighted by atomic mass is 32.1. The first-order valence-electron chi connectivity index (χ1n) is 5.13. The number of rotatable bonds is 1. The van der Waals surface area contributed by atoms with Crippen molar-refractivity contribution in [1.82, 2.24) is 0 Å². The van der Waals surface area contributed by atoms with Crippen LogP contribution in [0.15, 0.2) is 39.5 Å². The number of amidine groups is 1. The molecule has 16 heavy (non-hydrogen) atoms. The number of azo groups is 1. The highest BCUT2D eigenvalue weighted by Gasteiger charge is 2.21. The number of hydrogen-bond acceptors (Lipinski definition) is 2. The number of nitrogens with zero attached hydrogens (tertiary/aromatic N) is 3. The molecule has 3 nitrogen and oxygen atoms in total. The van der Waals surface area contributed by atoms with Crippen molar-refractivity contribution in [3.05, 3.63) is 35.4 Å². The van der Waals surface area contributed by atoms with E-state index < -0.39 is 0 Å². The molecule has 0 bridgehead atoms. The van der Waals surface area contributed by atoms with Crippen LogP contribution >= 0.6 is 12.2 Å². The van der Waals surface area contributed by atoms with Gasteiger partial charge in [0, 0.05) is 5.56 Å². The molecule has 0 aromatic heterocycles. The molecule has 0 N–H and O–H groups in total. The fraction of sp³-hybridized carbons (Fsp3) is 0.333. The monoisotopic (exact) mass is 231 g/mol. The Morgan fingerprint density at radius 3 is 2.31 bits per heavy atom. The third-order valence-corrected chi connectivity index (χ3v) is 2.58. The number of benzene rings is 1. The van der Waals surface area contributed by atoms with Gasteiger partial charge in [-0.2, -0.15) is 4.99 Å². The maximum absolute atomic E-state index is 4.88. The molecule has 1 aromatic carbocycles. The summed E-state index contributed by atoms with van der Waals surface area (Å²) in [5.74, 6) is 0.621. The summed E-state index contributed by atoms with van der Waals surface area (Å²) in [7, 11) is 0. The summed E-state index contributed by atoms with van der Waals surface area (Å²) in [6.45, 7) is 6.49. The lowest BCUT2D eigenvalue weighted by molar-refractivity contribution is 0.589. The molecule has 0 aliphatic carbocycles. The van der Waals surface area contributed by atoms with Crippen LogP contribution in [0.25, 0.3) is 0 Å². The van der Waals surface area contributed by atoms with Crippen LogP contribution in [-0.4, -0.2) is 10.9 Å². The Bertz CT molecular complexity index is 495. The van der Waals surface area contributed by atoms with E-state index >= 15 is 0 Å². The third kappa shape index (κ3) is 2.07. The zero-order valence-electron chi connectivity index (χ0n) is 9.56. The summed E-state index contributed by atoms with van der Waals surface area (Å²) in [6.07, 6.45) is 0. The molecule has 0 saturated heterocycles. The summed E-state index contributed by atoms with van der Waals surface area (Å²) in [4.78, 5) is 4.15. The summed E-state index contributed by atoms with van der Waals surface area (Å²) >= 11 is 4.88. The molecule has 0 radical (unpaired) electrons. The smallest absolute Gasteiger partial charge is 0.195 e. The molecule has 4 heteroatoms. The molecular weight excluding hydrogens is 218 g/mol. The van der Waals surface area contributed by atoms with Crippen LogP contribution in [0.3, 0.4) is 0 Å². The van der Waals surface area contributed by atoms with Gasteiger partial charge in [0.2, 0.25) is 5.11 Å². The lowest BCUT2D eigenvalue weighted by atomic mass is 9.83. The van der Waals surface area contributed by atoms with Crippen LogP contribution in [0.5, 0.6) is 0 Å². The van der Waals surface area contributed by atoms with E-state index in [9.17, 15) is 0 Å².